The number of Topliss-reactive ketones (excluding diaryl/α,β-unsaturated/α-hetero) is 2. The van der Waals surface area contributed by atoms with Gasteiger partial charge < -0.3 is 15.0 Å². The lowest BCUT2D eigenvalue weighted by molar-refractivity contribution is -0.154. The Labute approximate surface area is 195 Å². The highest BCUT2D eigenvalue weighted by atomic mass is 16.5. The summed E-state index contributed by atoms with van der Waals surface area (Å²) >= 11 is 0. The standard InChI is InChI=1S/C25H25N3O6/c1-5-14-9-8-10-15(13(2)3)19(14)28-24(32)21(29)18(22(30)25(33)34-4)20-23(31)27-17-12-7-6-11-16(17)26-20/h6-13,18H,5H2,1-4H3,(H,27,31)(H,28,32)/t18-/m1/s1. The van der Waals surface area contributed by atoms with E-state index in [1.807, 2.05) is 39.0 Å². The Hall–Kier alpha value is -4.14. The number of anilines is 1. The molecule has 9 nitrogen and oxygen atoms in total. The number of para-hydroxylation sites is 3. The van der Waals surface area contributed by atoms with E-state index in [9.17, 15) is 24.0 Å². The van der Waals surface area contributed by atoms with Crippen LogP contribution in [0.5, 0.6) is 0 Å². The zero-order valence-corrected chi connectivity index (χ0v) is 19.3. The summed E-state index contributed by atoms with van der Waals surface area (Å²) in [6, 6.07) is 12.0. The molecule has 0 unspecified atom stereocenters. The molecule has 0 fully saturated rings. The van der Waals surface area contributed by atoms with Crippen LogP contribution in [0.3, 0.4) is 0 Å². The number of nitrogens with one attached hydrogen (secondary N) is 2. The third kappa shape index (κ3) is 4.78. The minimum atomic E-state index is -2.06. The molecule has 1 amide bonds. The summed E-state index contributed by atoms with van der Waals surface area (Å²) < 4.78 is 4.46. The van der Waals surface area contributed by atoms with Crippen molar-refractivity contribution in [1.29, 1.82) is 0 Å². The number of ketones is 2. The van der Waals surface area contributed by atoms with Crippen LogP contribution in [0.4, 0.5) is 5.69 Å². The van der Waals surface area contributed by atoms with Gasteiger partial charge >= 0.3 is 5.97 Å². The van der Waals surface area contributed by atoms with Gasteiger partial charge in [0.1, 0.15) is 11.6 Å². The highest BCUT2D eigenvalue weighted by Crippen LogP contribution is 2.29. The van der Waals surface area contributed by atoms with Gasteiger partial charge in [0.2, 0.25) is 5.78 Å². The molecule has 0 spiro atoms. The lowest BCUT2D eigenvalue weighted by Gasteiger charge is -2.18. The number of carbonyl (C=O) groups excluding carboxylic acids is 4. The van der Waals surface area contributed by atoms with Crippen LogP contribution in [0.1, 0.15) is 49.4 Å². The van der Waals surface area contributed by atoms with E-state index in [4.69, 9.17) is 0 Å². The number of aromatic nitrogens is 2. The molecule has 1 atom stereocenters. The van der Waals surface area contributed by atoms with Crippen LogP contribution in [0.2, 0.25) is 0 Å². The van der Waals surface area contributed by atoms with E-state index in [2.05, 4.69) is 20.0 Å². The molecule has 1 aromatic heterocycles. The average Bonchev–Trinajstić information content (AvgIpc) is 2.83. The zero-order valence-electron chi connectivity index (χ0n) is 19.3. The Bertz CT molecular complexity index is 1340. The number of benzene rings is 2. The van der Waals surface area contributed by atoms with Crippen molar-refractivity contribution in [3.05, 3.63) is 69.6 Å². The molecule has 0 aliphatic rings. The fourth-order valence-electron chi connectivity index (χ4n) is 3.68. The topological polar surface area (TPSA) is 135 Å². The monoisotopic (exact) mass is 463 g/mol. The quantitative estimate of drug-likeness (QED) is 0.298. The molecule has 0 saturated heterocycles. The second-order valence-corrected chi connectivity index (χ2v) is 7.97. The largest absolute Gasteiger partial charge is 0.463 e. The van der Waals surface area contributed by atoms with Gasteiger partial charge in [0.05, 0.1) is 18.1 Å². The van der Waals surface area contributed by atoms with Gasteiger partial charge in [-0.1, -0.05) is 51.1 Å². The molecule has 2 N–H and O–H groups in total. The first-order valence-electron chi connectivity index (χ1n) is 10.8. The molecule has 1 heterocycles. The summed E-state index contributed by atoms with van der Waals surface area (Å²) in [6.07, 6.45) is 0.584. The Morgan fingerprint density at radius 3 is 2.38 bits per heavy atom. The lowest BCUT2D eigenvalue weighted by atomic mass is 9.93. The number of carbonyl (C=O) groups is 4. The summed E-state index contributed by atoms with van der Waals surface area (Å²) in [5.41, 5.74) is 1.30. The predicted octanol–water partition coefficient (Wildman–Crippen LogP) is 2.64. The van der Waals surface area contributed by atoms with Gasteiger partial charge in [-0.2, -0.15) is 0 Å². The first-order chi connectivity index (χ1) is 16.2. The number of amides is 1. The second-order valence-electron chi connectivity index (χ2n) is 7.97. The Morgan fingerprint density at radius 2 is 1.74 bits per heavy atom. The molecule has 176 valence electrons. The smallest absolute Gasteiger partial charge is 0.375 e. The van der Waals surface area contributed by atoms with Crippen molar-refractivity contribution in [2.75, 3.05) is 12.4 Å². The molecule has 0 aliphatic carbocycles. The van der Waals surface area contributed by atoms with Crippen LogP contribution in [-0.4, -0.2) is 40.5 Å². The van der Waals surface area contributed by atoms with E-state index in [0.717, 1.165) is 18.2 Å². The average molecular weight is 463 g/mol. The minimum Gasteiger partial charge on any atom is -0.463 e. The Balaban J connectivity index is 2.09. The summed E-state index contributed by atoms with van der Waals surface area (Å²) in [6.45, 7) is 5.78. The molecule has 0 aliphatic heterocycles. The number of methoxy groups -OCH3 is 1. The number of hydrogen-bond acceptors (Lipinski definition) is 7. The van der Waals surface area contributed by atoms with Crippen LogP contribution in [0.25, 0.3) is 11.0 Å². The maximum atomic E-state index is 13.2. The number of aryl methyl sites for hydroxylation is 1. The van der Waals surface area contributed by atoms with E-state index < -0.39 is 40.6 Å². The second kappa shape index (κ2) is 10.2. The number of rotatable bonds is 8. The van der Waals surface area contributed by atoms with Crippen molar-refractivity contribution in [2.24, 2.45) is 0 Å². The summed E-state index contributed by atoms with van der Waals surface area (Å²) in [4.78, 5) is 70.5. The number of fused-ring (bicyclic) bond motifs is 1. The van der Waals surface area contributed by atoms with E-state index >= 15 is 0 Å². The van der Waals surface area contributed by atoms with Crippen LogP contribution >= 0.6 is 0 Å². The van der Waals surface area contributed by atoms with Crippen molar-refractivity contribution in [3.8, 4) is 0 Å². The van der Waals surface area contributed by atoms with Gasteiger partial charge in [-0.3, -0.25) is 19.2 Å². The van der Waals surface area contributed by atoms with Crippen molar-refractivity contribution in [1.82, 2.24) is 9.97 Å². The molecular weight excluding hydrogens is 438 g/mol. The normalized spacial score (nSPS) is 11.8. The molecular formula is C25H25N3O6. The molecule has 0 bridgehead atoms. The molecule has 0 saturated carbocycles. The van der Waals surface area contributed by atoms with Crippen molar-refractivity contribution >= 4 is 40.2 Å². The van der Waals surface area contributed by atoms with Gasteiger partial charge in [0.25, 0.3) is 17.2 Å². The van der Waals surface area contributed by atoms with Crippen LogP contribution in [0, 0.1) is 0 Å². The maximum Gasteiger partial charge on any atom is 0.375 e. The van der Waals surface area contributed by atoms with E-state index in [1.165, 1.54) is 0 Å². The van der Waals surface area contributed by atoms with Gasteiger partial charge in [0, 0.05) is 5.69 Å². The third-order valence-corrected chi connectivity index (χ3v) is 5.46. The fraction of sp³-hybridized carbons (Fsp3) is 0.280. The van der Waals surface area contributed by atoms with Crippen LogP contribution < -0.4 is 10.9 Å². The van der Waals surface area contributed by atoms with Crippen molar-refractivity contribution in [2.45, 2.75) is 39.0 Å². The first kappa shape index (κ1) is 24.5. The zero-order chi connectivity index (χ0) is 25.0. The van der Waals surface area contributed by atoms with Gasteiger partial charge in [-0.15, -0.1) is 0 Å². The van der Waals surface area contributed by atoms with Gasteiger partial charge in [-0.05, 0) is 35.6 Å². The minimum absolute atomic E-state index is 0.0365. The van der Waals surface area contributed by atoms with E-state index in [-0.39, 0.29) is 11.4 Å². The lowest BCUT2D eigenvalue weighted by Crippen LogP contribution is -2.39. The highest BCUT2D eigenvalue weighted by molar-refractivity contribution is 6.52. The molecule has 9 heteroatoms. The summed E-state index contributed by atoms with van der Waals surface area (Å²) in [5.74, 6) is -7.17. The van der Waals surface area contributed by atoms with Crippen molar-refractivity contribution < 1.29 is 23.9 Å². The van der Waals surface area contributed by atoms with E-state index in [0.29, 0.717) is 17.6 Å². The Kier molecular flexibility index (Phi) is 7.35. The summed E-state index contributed by atoms with van der Waals surface area (Å²) in [5, 5.41) is 2.60. The van der Waals surface area contributed by atoms with Crippen molar-refractivity contribution in [3.63, 3.8) is 0 Å². The number of nitrogens with zero attached hydrogens (tertiary/aromatic N) is 1. The Morgan fingerprint density at radius 1 is 1.03 bits per heavy atom. The predicted molar refractivity (Wildman–Crippen MR) is 126 cm³/mol. The molecule has 34 heavy (non-hydrogen) atoms. The van der Waals surface area contributed by atoms with Gasteiger partial charge in [-0.25, -0.2) is 9.78 Å². The molecule has 2 aromatic carbocycles. The number of hydrogen-bond donors (Lipinski definition) is 2. The fourth-order valence-corrected chi connectivity index (χ4v) is 3.68. The SMILES string of the molecule is CCc1cccc(C(C)C)c1NC(=O)C(=O)[C@H](C(=O)C(=O)OC)c1nc2ccccc2[nH]c1=O. The van der Waals surface area contributed by atoms with Crippen LogP contribution in [0.15, 0.2) is 47.3 Å². The van der Waals surface area contributed by atoms with E-state index in [1.54, 1.807) is 24.3 Å². The molecule has 3 rings (SSSR count). The maximum absolute atomic E-state index is 13.2. The number of aromatic amines is 1. The number of esters is 1. The third-order valence-electron chi connectivity index (χ3n) is 5.46. The summed E-state index contributed by atoms with van der Waals surface area (Å²) in [7, 11) is 0.965. The number of ether oxygens (including phenoxy) is 1. The highest BCUT2D eigenvalue weighted by Gasteiger charge is 2.40. The first-order valence-corrected chi connectivity index (χ1v) is 10.8. The number of H-pyrrole nitrogens is 1. The molecule has 3 aromatic rings. The van der Waals surface area contributed by atoms with Gasteiger partial charge in [0.15, 0.2) is 0 Å². The van der Waals surface area contributed by atoms with Crippen LogP contribution in [-0.2, 0) is 30.3 Å². The molecule has 0 radical (unpaired) electrons.